The van der Waals surface area contributed by atoms with Crippen LogP contribution in [0, 0.1) is 6.92 Å². The van der Waals surface area contributed by atoms with Gasteiger partial charge in [-0.15, -0.1) is 11.3 Å². The van der Waals surface area contributed by atoms with Gasteiger partial charge in [0.2, 0.25) is 0 Å². The highest BCUT2D eigenvalue weighted by atomic mass is 32.1. The van der Waals surface area contributed by atoms with Gasteiger partial charge in [0.05, 0.1) is 5.69 Å². The van der Waals surface area contributed by atoms with Gasteiger partial charge in [-0.3, -0.25) is 0 Å². The zero-order chi connectivity index (χ0) is 17.6. The van der Waals surface area contributed by atoms with Crippen molar-refractivity contribution in [2.45, 2.75) is 6.92 Å². The lowest BCUT2D eigenvalue weighted by Gasteiger charge is -2.09. The van der Waals surface area contributed by atoms with Crippen molar-refractivity contribution in [3.05, 3.63) is 65.2 Å². The lowest BCUT2D eigenvalue weighted by Crippen LogP contribution is -2.08. The molecule has 0 spiro atoms. The first kappa shape index (κ1) is 17.0. The summed E-state index contributed by atoms with van der Waals surface area (Å²) in [6, 6.07) is 17.0. The Morgan fingerprint density at radius 1 is 1.04 bits per heavy atom. The quantitative estimate of drug-likeness (QED) is 0.641. The van der Waals surface area contributed by atoms with Crippen LogP contribution >= 0.6 is 11.3 Å². The number of ether oxygens (including phenoxy) is 2. The second-order valence-electron chi connectivity index (χ2n) is 5.28. The maximum Gasteiger partial charge on any atom is 0.347 e. The Kier molecular flexibility index (Phi) is 5.30. The van der Waals surface area contributed by atoms with Gasteiger partial charge in [-0.2, -0.15) is 0 Å². The van der Waals surface area contributed by atoms with Crippen molar-refractivity contribution in [3.63, 3.8) is 0 Å². The van der Waals surface area contributed by atoms with E-state index in [1.54, 1.807) is 6.92 Å². The molecule has 2 aromatic carbocycles. The molecule has 0 aliphatic carbocycles. The number of benzene rings is 2. The Hall–Kier alpha value is -2.86. The fraction of sp³-hybridized carbons (Fsp3) is 0.158. The highest BCUT2D eigenvalue weighted by molar-refractivity contribution is 7.17. The molecule has 0 amide bonds. The largest absolute Gasteiger partial charge is 0.490 e. The normalized spacial score (nSPS) is 10.4. The van der Waals surface area contributed by atoms with Crippen LogP contribution in [0.25, 0.3) is 10.6 Å². The summed E-state index contributed by atoms with van der Waals surface area (Å²) in [6.45, 7) is 2.55. The van der Waals surface area contributed by atoms with Gasteiger partial charge < -0.3 is 14.6 Å². The van der Waals surface area contributed by atoms with Gasteiger partial charge in [-0.25, -0.2) is 9.78 Å². The van der Waals surface area contributed by atoms with E-state index in [-0.39, 0.29) is 4.88 Å². The highest BCUT2D eigenvalue weighted by Gasteiger charge is 2.15. The summed E-state index contributed by atoms with van der Waals surface area (Å²) < 4.78 is 11.3. The van der Waals surface area contributed by atoms with E-state index in [1.165, 1.54) is 0 Å². The minimum absolute atomic E-state index is 0.262. The average molecular weight is 355 g/mol. The van der Waals surface area contributed by atoms with Crippen LogP contribution in [0.1, 0.15) is 15.4 Å². The molecule has 1 heterocycles. The molecule has 0 aliphatic rings. The van der Waals surface area contributed by atoms with E-state index in [4.69, 9.17) is 14.6 Å². The van der Waals surface area contributed by atoms with Crippen LogP contribution in [0.2, 0.25) is 0 Å². The maximum absolute atomic E-state index is 11.2. The molecule has 25 heavy (non-hydrogen) atoms. The smallest absolute Gasteiger partial charge is 0.347 e. The molecule has 0 saturated heterocycles. The van der Waals surface area contributed by atoms with Gasteiger partial charge in [0.25, 0.3) is 0 Å². The number of carbonyl (C=O) groups is 1. The number of thiazole rings is 1. The fourth-order valence-electron chi connectivity index (χ4n) is 2.27. The summed E-state index contributed by atoms with van der Waals surface area (Å²) in [7, 11) is 0. The predicted molar refractivity (Wildman–Crippen MR) is 96.7 cm³/mol. The van der Waals surface area contributed by atoms with E-state index in [2.05, 4.69) is 4.98 Å². The SMILES string of the molecule is Cc1nc(-c2cccc(OCCOc3ccccc3)c2)sc1C(=O)O. The minimum Gasteiger partial charge on any atom is -0.490 e. The molecular formula is C19H17NO4S. The maximum atomic E-state index is 11.2. The third-order valence-electron chi connectivity index (χ3n) is 3.44. The molecule has 5 nitrogen and oxygen atoms in total. The van der Waals surface area contributed by atoms with Crippen LogP contribution in [0.3, 0.4) is 0 Å². The Labute approximate surface area is 149 Å². The van der Waals surface area contributed by atoms with Crippen molar-refractivity contribution < 1.29 is 19.4 Å². The van der Waals surface area contributed by atoms with Crippen molar-refractivity contribution >= 4 is 17.3 Å². The summed E-state index contributed by atoms with van der Waals surface area (Å²) in [5, 5.41) is 9.82. The molecule has 6 heteroatoms. The fourth-order valence-corrected chi connectivity index (χ4v) is 3.17. The molecule has 0 unspecified atom stereocenters. The second kappa shape index (κ2) is 7.81. The predicted octanol–water partition coefficient (Wildman–Crippen LogP) is 4.27. The van der Waals surface area contributed by atoms with E-state index >= 15 is 0 Å². The highest BCUT2D eigenvalue weighted by Crippen LogP contribution is 2.30. The first-order chi connectivity index (χ1) is 12.1. The van der Waals surface area contributed by atoms with Crippen LogP contribution in [0.5, 0.6) is 11.5 Å². The summed E-state index contributed by atoms with van der Waals surface area (Å²) in [4.78, 5) is 15.8. The monoisotopic (exact) mass is 355 g/mol. The Morgan fingerprint density at radius 3 is 2.40 bits per heavy atom. The number of carboxylic acid groups (broad SMARTS) is 1. The number of hydrogen-bond donors (Lipinski definition) is 1. The van der Waals surface area contributed by atoms with Crippen molar-refractivity contribution in [1.29, 1.82) is 0 Å². The number of aromatic nitrogens is 1. The minimum atomic E-state index is -0.952. The standard InChI is InChI=1S/C19H17NO4S/c1-13-17(19(21)22)25-18(20-13)14-6-5-9-16(12-14)24-11-10-23-15-7-3-2-4-8-15/h2-9,12H,10-11H2,1H3,(H,21,22). The topological polar surface area (TPSA) is 68.7 Å². The van der Waals surface area contributed by atoms with E-state index in [0.29, 0.717) is 29.7 Å². The van der Waals surface area contributed by atoms with Crippen LogP contribution in [-0.2, 0) is 0 Å². The van der Waals surface area contributed by atoms with Gasteiger partial charge in [0, 0.05) is 5.56 Å². The lowest BCUT2D eigenvalue weighted by atomic mass is 10.2. The summed E-state index contributed by atoms with van der Waals surface area (Å²) in [5.41, 5.74) is 1.36. The summed E-state index contributed by atoms with van der Waals surface area (Å²) in [5.74, 6) is 0.546. The first-order valence-electron chi connectivity index (χ1n) is 7.75. The van der Waals surface area contributed by atoms with Gasteiger partial charge >= 0.3 is 5.97 Å². The number of para-hydroxylation sites is 1. The van der Waals surface area contributed by atoms with E-state index in [1.807, 2.05) is 54.6 Å². The third-order valence-corrected chi connectivity index (χ3v) is 4.63. The van der Waals surface area contributed by atoms with Crippen LogP contribution in [-0.4, -0.2) is 29.3 Å². The van der Waals surface area contributed by atoms with Crippen molar-refractivity contribution in [2.24, 2.45) is 0 Å². The molecule has 0 radical (unpaired) electrons. The van der Waals surface area contributed by atoms with E-state index < -0.39 is 5.97 Å². The summed E-state index contributed by atoms with van der Waals surface area (Å²) in [6.07, 6.45) is 0. The molecule has 0 atom stereocenters. The molecule has 3 rings (SSSR count). The van der Waals surface area contributed by atoms with Crippen molar-refractivity contribution in [3.8, 4) is 22.1 Å². The Bertz CT molecular complexity index is 861. The van der Waals surface area contributed by atoms with Crippen molar-refractivity contribution in [1.82, 2.24) is 4.98 Å². The molecule has 0 saturated carbocycles. The van der Waals surface area contributed by atoms with Gasteiger partial charge in [-0.05, 0) is 31.2 Å². The van der Waals surface area contributed by atoms with Gasteiger partial charge in [0.15, 0.2) is 0 Å². The number of hydrogen-bond acceptors (Lipinski definition) is 5. The van der Waals surface area contributed by atoms with Crippen molar-refractivity contribution in [2.75, 3.05) is 13.2 Å². The number of aryl methyl sites for hydroxylation is 1. The average Bonchev–Trinajstić information content (AvgIpc) is 3.02. The van der Waals surface area contributed by atoms with Crippen LogP contribution in [0.15, 0.2) is 54.6 Å². The Balaban J connectivity index is 1.61. The van der Waals surface area contributed by atoms with Gasteiger partial charge in [-0.1, -0.05) is 30.3 Å². The van der Waals surface area contributed by atoms with E-state index in [9.17, 15) is 4.79 Å². The number of nitrogens with zero attached hydrogens (tertiary/aromatic N) is 1. The first-order valence-corrected chi connectivity index (χ1v) is 8.57. The second-order valence-corrected chi connectivity index (χ2v) is 6.28. The Morgan fingerprint density at radius 2 is 1.72 bits per heavy atom. The molecule has 0 bridgehead atoms. The lowest BCUT2D eigenvalue weighted by molar-refractivity contribution is 0.0701. The molecule has 128 valence electrons. The molecule has 3 aromatic rings. The zero-order valence-electron chi connectivity index (χ0n) is 13.6. The number of aromatic carboxylic acids is 1. The summed E-state index contributed by atoms with van der Waals surface area (Å²) >= 11 is 1.16. The molecule has 0 aliphatic heterocycles. The molecular weight excluding hydrogens is 338 g/mol. The third kappa shape index (κ3) is 4.36. The number of rotatable bonds is 7. The number of carboxylic acids is 1. The zero-order valence-corrected chi connectivity index (χ0v) is 14.5. The van der Waals surface area contributed by atoms with Crippen LogP contribution < -0.4 is 9.47 Å². The van der Waals surface area contributed by atoms with Gasteiger partial charge in [0.1, 0.15) is 34.6 Å². The molecule has 0 fully saturated rings. The molecule has 1 aromatic heterocycles. The molecule has 1 N–H and O–H groups in total. The van der Waals surface area contributed by atoms with Crippen LogP contribution in [0.4, 0.5) is 0 Å². The van der Waals surface area contributed by atoms with E-state index in [0.717, 1.165) is 22.6 Å².